The number of allylic oxidation sites excluding steroid dienone is 4. The zero-order valence-corrected chi connectivity index (χ0v) is 19.1. The van der Waals surface area contributed by atoms with Crippen molar-refractivity contribution in [3.05, 3.63) is 74.2 Å². The number of benzene rings is 1. The summed E-state index contributed by atoms with van der Waals surface area (Å²) in [6, 6.07) is 5.62. The van der Waals surface area contributed by atoms with Crippen LogP contribution in [-0.4, -0.2) is 41.2 Å². The number of ether oxygens (including phenoxy) is 3. The van der Waals surface area contributed by atoms with Gasteiger partial charge < -0.3 is 19.9 Å². The Bertz CT molecular complexity index is 1380. The largest absolute Gasteiger partial charge is 0.493 e. The number of nitrogen functional groups attached to an aromatic ring is 1. The zero-order valence-electron chi connectivity index (χ0n) is 18.3. The van der Waals surface area contributed by atoms with E-state index in [1.54, 1.807) is 39.4 Å². The number of carbonyl (C=O) groups is 1. The SMILES string of the molecule is CCOC1=C/C(=C\c2c(N)n3nc(Cc4ccc(OC)c(OC)c4)sc3nc2=O)C=CC1=O. The molecular formula is C23H22N4O5S. The first-order valence-electron chi connectivity index (χ1n) is 10.1. The molecule has 0 fully saturated rings. The van der Waals surface area contributed by atoms with E-state index in [9.17, 15) is 9.59 Å². The second-order valence-electron chi connectivity index (χ2n) is 7.06. The van der Waals surface area contributed by atoms with Crippen LogP contribution < -0.4 is 20.8 Å². The molecule has 0 saturated heterocycles. The number of carbonyl (C=O) groups excluding carboxylic acids is 1. The van der Waals surface area contributed by atoms with Gasteiger partial charge in [0.25, 0.3) is 5.56 Å². The fraction of sp³-hybridized carbons (Fsp3) is 0.217. The van der Waals surface area contributed by atoms with Gasteiger partial charge in [-0.25, -0.2) is 0 Å². The molecule has 0 spiro atoms. The summed E-state index contributed by atoms with van der Waals surface area (Å²) in [6.45, 7) is 2.15. The summed E-state index contributed by atoms with van der Waals surface area (Å²) in [5.74, 6) is 1.41. The van der Waals surface area contributed by atoms with Crippen molar-refractivity contribution in [1.29, 1.82) is 0 Å². The Labute approximate surface area is 193 Å². The van der Waals surface area contributed by atoms with Crippen LogP contribution in [0.2, 0.25) is 0 Å². The molecule has 0 saturated carbocycles. The Hall–Kier alpha value is -3.92. The quantitative estimate of drug-likeness (QED) is 0.565. The molecule has 2 aromatic heterocycles. The standard InChI is InChI=1S/C23H22N4O5S/c1-4-32-18-10-13(5-7-16(18)28)9-15-21(24)27-23(25-22(15)29)33-20(26-27)12-14-6-8-17(30-2)19(11-14)31-3/h5-11H,4,12,24H2,1-3H3/b13-9-. The summed E-state index contributed by atoms with van der Waals surface area (Å²) >= 11 is 1.28. The van der Waals surface area contributed by atoms with E-state index < -0.39 is 5.56 Å². The van der Waals surface area contributed by atoms with E-state index in [0.717, 1.165) is 10.6 Å². The maximum Gasteiger partial charge on any atom is 0.283 e. The summed E-state index contributed by atoms with van der Waals surface area (Å²) in [6.07, 6.45) is 6.64. The van der Waals surface area contributed by atoms with Crippen molar-refractivity contribution >= 4 is 34.0 Å². The van der Waals surface area contributed by atoms with Crippen LogP contribution in [-0.2, 0) is 16.0 Å². The Morgan fingerprint density at radius 1 is 1.15 bits per heavy atom. The van der Waals surface area contributed by atoms with Crippen LogP contribution in [0.3, 0.4) is 0 Å². The molecule has 2 N–H and O–H groups in total. The van der Waals surface area contributed by atoms with E-state index in [1.165, 1.54) is 21.9 Å². The third-order valence-corrected chi connectivity index (χ3v) is 5.82. The number of methoxy groups -OCH3 is 2. The molecule has 0 aliphatic heterocycles. The van der Waals surface area contributed by atoms with E-state index in [4.69, 9.17) is 19.9 Å². The molecule has 1 aromatic carbocycles. The number of hydrogen-bond donors (Lipinski definition) is 1. The highest BCUT2D eigenvalue weighted by Crippen LogP contribution is 2.29. The number of nitrogens with two attached hydrogens (primary N) is 1. The zero-order chi connectivity index (χ0) is 23.5. The fourth-order valence-corrected chi connectivity index (χ4v) is 4.27. The molecule has 10 heteroatoms. The van der Waals surface area contributed by atoms with Crippen LogP contribution in [0.4, 0.5) is 5.82 Å². The minimum absolute atomic E-state index is 0.170. The first kappa shape index (κ1) is 22.3. The third-order valence-electron chi connectivity index (χ3n) is 4.92. The number of aromatic nitrogens is 3. The van der Waals surface area contributed by atoms with Gasteiger partial charge in [-0.15, -0.1) is 0 Å². The number of rotatable bonds is 7. The number of nitrogens with zero attached hydrogens (tertiary/aromatic N) is 3. The van der Waals surface area contributed by atoms with Crippen LogP contribution in [0, 0.1) is 0 Å². The first-order chi connectivity index (χ1) is 15.9. The fourth-order valence-electron chi connectivity index (χ4n) is 3.34. The van der Waals surface area contributed by atoms with Gasteiger partial charge in [0.15, 0.2) is 17.3 Å². The number of hydrogen-bond acceptors (Lipinski definition) is 9. The molecule has 9 nitrogen and oxygen atoms in total. The highest BCUT2D eigenvalue weighted by atomic mass is 32.1. The van der Waals surface area contributed by atoms with Crippen molar-refractivity contribution in [3.8, 4) is 11.5 Å². The molecule has 0 unspecified atom stereocenters. The third kappa shape index (κ3) is 4.51. The van der Waals surface area contributed by atoms with Crippen LogP contribution in [0.15, 0.2) is 52.6 Å². The maximum atomic E-state index is 12.7. The molecule has 2 heterocycles. The molecule has 0 atom stereocenters. The Balaban J connectivity index is 1.69. The summed E-state index contributed by atoms with van der Waals surface area (Å²) in [5, 5.41) is 5.28. The van der Waals surface area contributed by atoms with Crippen molar-refractivity contribution in [2.45, 2.75) is 13.3 Å². The summed E-state index contributed by atoms with van der Waals surface area (Å²) < 4.78 is 17.4. The lowest BCUT2D eigenvalue weighted by molar-refractivity contribution is -0.114. The Morgan fingerprint density at radius 2 is 1.94 bits per heavy atom. The lowest BCUT2D eigenvalue weighted by Crippen LogP contribution is -2.17. The molecule has 0 bridgehead atoms. The van der Waals surface area contributed by atoms with Crippen molar-refractivity contribution < 1.29 is 19.0 Å². The van der Waals surface area contributed by atoms with E-state index in [0.29, 0.717) is 35.1 Å². The second-order valence-corrected chi connectivity index (χ2v) is 8.10. The van der Waals surface area contributed by atoms with Crippen molar-refractivity contribution in [2.75, 3.05) is 26.6 Å². The van der Waals surface area contributed by atoms with Gasteiger partial charge in [0.1, 0.15) is 10.8 Å². The monoisotopic (exact) mass is 466 g/mol. The lowest BCUT2D eigenvalue weighted by atomic mass is 10.0. The van der Waals surface area contributed by atoms with E-state index in [-0.39, 0.29) is 22.9 Å². The van der Waals surface area contributed by atoms with Gasteiger partial charge in [0.2, 0.25) is 10.7 Å². The summed E-state index contributed by atoms with van der Waals surface area (Å²) in [5.41, 5.74) is 7.57. The molecule has 0 amide bonds. The van der Waals surface area contributed by atoms with Crippen LogP contribution in [0.25, 0.3) is 11.0 Å². The molecule has 4 rings (SSSR count). The van der Waals surface area contributed by atoms with E-state index >= 15 is 0 Å². The number of ketones is 1. The van der Waals surface area contributed by atoms with Gasteiger partial charge in [-0.05, 0) is 48.4 Å². The predicted molar refractivity (Wildman–Crippen MR) is 126 cm³/mol. The minimum atomic E-state index is -0.474. The molecule has 1 aliphatic rings. The normalized spacial score (nSPS) is 14.6. The van der Waals surface area contributed by atoms with Gasteiger partial charge in [-0.3, -0.25) is 9.59 Å². The van der Waals surface area contributed by atoms with Crippen LogP contribution in [0.1, 0.15) is 23.1 Å². The average molecular weight is 467 g/mol. The maximum absolute atomic E-state index is 12.7. The van der Waals surface area contributed by atoms with Crippen molar-refractivity contribution in [3.63, 3.8) is 0 Å². The lowest BCUT2D eigenvalue weighted by Gasteiger charge is -2.10. The highest BCUT2D eigenvalue weighted by molar-refractivity contribution is 7.16. The number of fused-ring (bicyclic) bond motifs is 1. The van der Waals surface area contributed by atoms with Gasteiger partial charge in [0, 0.05) is 6.42 Å². The smallest absolute Gasteiger partial charge is 0.283 e. The molecular weight excluding hydrogens is 444 g/mol. The molecule has 170 valence electrons. The van der Waals surface area contributed by atoms with Gasteiger partial charge in [0.05, 0.1) is 26.4 Å². The van der Waals surface area contributed by atoms with E-state index in [2.05, 4.69) is 10.1 Å². The second kappa shape index (κ2) is 9.29. The summed E-state index contributed by atoms with van der Waals surface area (Å²) in [4.78, 5) is 29.1. The molecule has 3 aromatic rings. The predicted octanol–water partition coefficient (Wildman–Crippen LogP) is 2.78. The Morgan fingerprint density at radius 3 is 2.67 bits per heavy atom. The molecule has 33 heavy (non-hydrogen) atoms. The minimum Gasteiger partial charge on any atom is -0.493 e. The van der Waals surface area contributed by atoms with Gasteiger partial charge in [-0.1, -0.05) is 23.5 Å². The van der Waals surface area contributed by atoms with Gasteiger partial charge >= 0.3 is 0 Å². The molecule has 0 radical (unpaired) electrons. The van der Waals surface area contributed by atoms with Gasteiger partial charge in [-0.2, -0.15) is 14.6 Å². The Kier molecular flexibility index (Phi) is 6.27. The van der Waals surface area contributed by atoms with Crippen molar-refractivity contribution in [2.24, 2.45) is 0 Å². The molecule has 1 aliphatic carbocycles. The van der Waals surface area contributed by atoms with Crippen molar-refractivity contribution in [1.82, 2.24) is 14.6 Å². The topological polar surface area (TPSA) is 118 Å². The first-order valence-corrected chi connectivity index (χ1v) is 10.9. The number of anilines is 1. The van der Waals surface area contributed by atoms with Crippen LogP contribution in [0.5, 0.6) is 11.5 Å². The average Bonchev–Trinajstić information content (AvgIpc) is 3.21. The van der Waals surface area contributed by atoms with E-state index in [1.807, 2.05) is 18.2 Å². The summed E-state index contributed by atoms with van der Waals surface area (Å²) in [7, 11) is 3.16. The highest BCUT2D eigenvalue weighted by Gasteiger charge is 2.17. The van der Waals surface area contributed by atoms with Crippen LogP contribution >= 0.6 is 11.3 Å².